The molecule has 1 fully saturated rings. The fraction of sp³-hybridized carbons (Fsp3) is 0.467. The van der Waals surface area contributed by atoms with Gasteiger partial charge in [-0.1, -0.05) is 5.16 Å². The lowest BCUT2D eigenvalue weighted by molar-refractivity contribution is -0.0278. The van der Waals surface area contributed by atoms with E-state index < -0.39 is 0 Å². The smallest absolute Gasteiger partial charge is 0.272 e. The molecule has 1 atom stereocenters. The van der Waals surface area contributed by atoms with Crippen LogP contribution < -0.4 is 0 Å². The average molecular weight is 302 g/mol. The molecule has 2 aromatic heterocycles. The largest absolute Gasteiger partial charge is 0.366 e. The Kier molecular flexibility index (Phi) is 3.89. The highest BCUT2D eigenvalue weighted by Crippen LogP contribution is 2.21. The molecule has 22 heavy (non-hydrogen) atoms. The van der Waals surface area contributed by atoms with Crippen molar-refractivity contribution in [3.63, 3.8) is 0 Å². The van der Waals surface area contributed by atoms with E-state index in [0.29, 0.717) is 37.1 Å². The molecule has 7 heteroatoms. The Morgan fingerprint density at radius 2 is 2.14 bits per heavy atom. The summed E-state index contributed by atoms with van der Waals surface area (Å²) in [6, 6.07) is 1.82. The molecule has 1 saturated heterocycles. The zero-order valence-corrected chi connectivity index (χ0v) is 12.9. The van der Waals surface area contributed by atoms with Gasteiger partial charge in [-0.15, -0.1) is 0 Å². The minimum Gasteiger partial charge on any atom is -0.366 e. The van der Waals surface area contributed by atoms with E-state index in [-0.39, 0.29) is 12.0 Å². The van der Waals surface area contributed by atoms with Gasteiger partial charge in [0, 0.05) is 19.7 Å². The molecular formula is C15H18N4O3. The van der Waals surface area contributed by atoms with Crippen molar-refractivity contribution in [2.75, 3.05) is 19.7 Å². The lowest BCUT2D eigenvalue weighted by atomic mass is 10.1. The molecule has 2 aromatic rings. The predicted molar refractivity (Wildman–Crippen MR) is 77.3 cm³/mol. The van der Waals surface area contributed by atoms with Crippen LogP contribution in [0.3, 0.4) is 0 Å². The number of carbonyl (C=O) groups excluding carboxylic acids is 1. The predicted octanol–water partition coefficient (Wildman–Crippen LogP) is 1.60. The number of aryl methyl sites for hydroxylation is 3. The summed E-state index contributed by atoms with van der Waals surface area (Å²) in [4.78, 5) is 22.7. The number of morpholine rings is 1. The van der Waals surface area contributed by atoms with Crippen LogP contribution in [0.4, 0.5) is 0 Å². The van der Waals surface area contributed by atoms with Crippen LogP contribution in [0.15, 0.2) is 16.8 Å². The van der Waals surface area contributed by atoms with Gasteiger partial charge in [0.05, 0.1) is 13.2 Å². The van der Waals surface area contributed by atoms with Gasteiger partial charge in [-0.25, -0.2) is 0 Å². The maximum atomic E-state index is 12.6. The molecule has 3 heterocycles. The first-order valence-electron chi connectivity index (χ1n) is 7.19. The highest BCUT2D eigenvalue weighted by molar-refractivity contribution is 5.92. The Morgan fingerprint density at radius 3 is 2.82 bits per heavy atom. The molecule has 1 unspecified atom stereocenters. The third-order valence-corrected chi connectivity index (χ3v) is 3.78. The zero-order valence-electron chi connectivity index (χ0n) is 12.9. The van der Waals surface area contributed by atoms with E-state index in [1.165, 1.54) is 0 Å². The van der Waals surface area contributed by atoms with Gasteiger partial charge in [0.1, 0.15) is 11.8 Å². The summed E-state index contributed by atoms with van der Waals surface area (Å²) >= 11 is 0. The Morgan fingerprint density at radius 1 is 1.32 bits per heavy atom. The van der Waals surface area contributed by atoms with E-state index in [2.05, 4.69) is 15.1 Å². The van der Waals surface area contributed by atoms with Crippen LogP contribution in [-0.4, -0.2) is 45.6 Å². The number of amides is 1. The first kappa shape index (κ1) is 14.6. The molecule has 116 valence electrons. The second kappa shape index (κ2) is 5.84. The minimum atomic E-state index is -0.360. The second-order valence-electron chi connectivity index (χ2n) is 5.44. The van der Waals surface area contributed by atoms with Gasteiger partial charge >= 0.3 is 0 Å². The van der Waals surface area contributed by atoms with Gasteiger partial charge < -0.3 is 14.2 Å². The molecule has 1 aliphatic heterocycles. The molecule has 0 aromatic carbocycles. The van der Waals surface area contributed by atoms with Gasteiger partial charge in [0.2, 0.25) is 11.7 Å². The average Bonchev–Trinajstić information content (AvgIpc) is 2.96. The highest BCUT2D eigenvalue weighted by atomic mass is 16.5. The molecule has 0 saturated carbocycles. The van der Waals surface area contributed by atoms with Crippen molar-refractivity contribution in [2.45, 2.75) is 26.9 Å². The van der Waals surface area contributed by atoms with Crippen molar-refractivity contribution in [1.82, 2.24) is 20.0 Å². The van der Waals surface area contributed by atoms with E-state index in [0.717, 1.165) is 11.1 Å². The maximum absolute atomic E-state index is 12.6. The SMILES string of the molecule is Cc1nc(C2CN(C(=O)c3cc(C)c(C)cn3)CCO2)no1. The standard InChI is InChI=1S/C15H18N4O3/c1-9-6-12(16-7-10(9)2)15(20)19-4-5-21-13(8-19)14-17-11(3)22-18-14/h6-7,13H,4-5,8H2,1-3H3. The number of pyridine rings is 1. The van der Waals surface area contributed by atoms with Gasteiger partial charge in [0.25, 0.3) is 5.91 Å². The van der Waals surface area contributed by atoms with Gasteiger partial charge in [-0.2, -0.15) is 4.98 Å². The quantitative estimate of drug-likeness (QED) is 0.838. The summed E-state index contributed by atoms with van der Waals surface area (Å²) in [6.45, 7) is 7.03. The van der Waals surface area contributed by atoms with E-state index in [1.54, 1.807) is 18.0 Å². The monoisotopic (exact) mass is 302 g/mol. The van der Waals surface area contributed by atoms with Crippen molar-refractivity contribution in [1.29, 1.82) is 0 Å². The normalized spacial score (nSPS) is 18.5. The van der Waals surface area contributed by atoms with Crippen LogP contribution in [0, 0.1) is 20.8 Å². The van der Waals surface area contributed by atoms with E-state index in [9.17, 15) is 4.79 Å². The number of ether oxygens (including phenoxy) is 1. The lowest BCUT2D eigenvalue weighted by Crippen LogP contribution is -2.42. The molecule has 1 amide bonds. The minimum absolute atomic E-state index is 0.100. The third kappa shape index (κ3) is 2.85. The van der Waals surface area contributed by atoms with E-state index in [1.807, 2.05) is 19.9 Å². The Bertz CT molecular complexity index is 698. The van der Waals surface area contributed by atoms with Gasteiger partial charge in [-0.3, -0.25) is 9.78 Å². The van der Waals surface area contributed by atoms with Crippen LogP contribution in [0.1, 0.15) is 39.4 Å². The summed E-state index contributed by atoms with van der Waals surface area (Å²) in [5.74, 6) is 0.859. The van der Waals surface area contributed by atoms with Crippen LogP contribution in [0.2, 0.25) is 0 Å². The number of rotatable bonds is 2. The van der Waals surface area contributed by atoms with Crippen molar-refractivity contribution in [2.24, 2.45) is 0 Å². The Balaban J connectivity index is 1.76. The van der Waals surface area contributed by atoms with Crippen LogP contribution in [0.25, 0.3) is 0 Å². The number of carbonyl (C=O) groups is 1. The molecule has 1 aliphatic rings. The molecule has 0 radical (unpaired) electrons. The molecular weight excluding hydrogens is 284 g/mol. The second-order valence-corrected chi connectivity index (χ2v) is 5.44. The number of nitrogens with zero attached hydrogens (tertiary/aromatic N) is 4. The molecule has 3 rings (SSSR count). The van der Waals surface area contributed by atoms with Crippen molar-refractivity contribution in [3.8, 4) is 0 Å². The third-order valence-electron chi connectivity index (χ3n) is 3.78. The number of aromatic nitrogens is 3. The van der Waals surface area contributed by atoms with Gasteiger partial charge in [-0.05, 0) is 31.0 Å². The fourth-order valence-corrected chi connectivity index (χ4v) is 2.34. The van der Waals surface area contributed by atoms with E-state index >= 15 is 0 Å². The molecule has 0 aliphatic carbocycles. The Hall–Kier alpha value is -2.28. The van der Waals surface area contributed by atoms with Crippen molar-refractivity contribution >= 4 is 5.91 Å². The van der Waals surface area contributed by atoms with Crippen LogP contribution in [-0.2, 0) is 4.74 Å². The summed E-state index contributed by atoms with van der Waals surface area (Å²) in [6.07, 6.45) is 1.37. The first-order chi connectivity index (χ1) is 10.5. The topological polar surface area (TPSA) is 81.4 Å². The molecule has 0 bridgehead atoms. The van der Waals surface area contributed by atoms with Crippen LogP contribution in [0.5, 0.6) is 0 Å². The van der Waals surface area contributed by atoms with E-state index in [4.69, 9.17) is 9.26 Å². The molecule has 7 nitrogen and oxygen atoms in total. The highest BCUT2D eigenvalue weighted by Gasteiger charge is 2.29. The summed E-state index contributed by atoms with van der Waals surface area (Å²) in [5, 5.41) is 3.87. The zero-order chi connectivity index (χ0) is 15.7. The summed E-state index contributed by atoms with van der Waals surface area (Å²) in [7, 11) is 0. The summed E-state index contributed by atoms with van der Waals surface area (Å²) in [5.41, 5.74) is 2.57. The molecule has 0 spiro atoms. The first-order valence-corrected chi connectivity index (χ1v) is 7.19. The Labute approximate surface area is 128 Å². The van der Waals surface area contributed by atoms with Crippen LogP contribution >= 0.6 is 0 Å². The number of hydrogen-bond donors (Lipinski definition) is 0. The van der Waals surface area contributed by atoms with Crippen molar-refractivity contribution in [3.05, 3.63) is 40.8 Å². The van der Waals surface area contributed by atoms with Gasteiger partial charge in [0.15, 0.2) is 0 Å². The maximum Gasteiger partial charge on any atom is 0.272 e. The fourth-order valence-electron chi connectivity index (χ4n) is 2.34. The number of hydrogen-bond acceptors (Lipinski definition) is 6. The van der Waals surface area contributed by atoms with Crippen molar-refractivity contribution < 1.29 is 14.1 Å². The molecule has 0 N–H and O–H groups in total. The lowest BCUT2D eigenvalue weighted by Gasteiger charge is -2.31. The summed E-state index contributed by atoms with van der Waals surface area (Å²) < 4.78 is 10.6.